The summed E-state index contributed by atoms with van der Waals surface area (Å²) in [5.41, 5.74) is 8.21. The lowest BCUT2D eigenvalue weighted by Gasteiger charge is -2.23. The van der Waals surface area contributed by atoms with E-state index in [1.807, 2.05) is 30.3 Å². The molecule has 0 spiro atoms. The van der Waals surface area contributed by atoms with Crippen molar-refractivity contribution in [3.8, 4) is 0 Å². The van der Waals surface area contributed by atoms with Gasteiger partial charge in [0.15, 0.2) is 0 Å². The van der Waals surface area contributed by atoms with E-state index in [-0.39, 0.29) is 43.8 Å². The molecule has 0 radical (unpaired) electrons. The Morgan fingerprint density at radius 2 is 1.40 bits per heavy atom. The van der Waals surface area contributed by atoms with Gasteiger partial charge >= 0.3 is 5.97 Å². The Kier molecular flexibility index (Phi) is 12.4. The van der Waals surface area contributed by atoms with Gasteiger partial charge in [-0.25, -0.2) is 13.1 Å². The van der Waals surface area contributed by atoms with Crippen LogP contribution < -0.4 is 21.1 Å². The zero-order valence-electron chi connectivity index (χ0n) is 23.7. The molecule has 0 aromatic heterocycles. The average Bonchev–Trinajstić information content (AvgIpc) is 2.98. The number of amidine groups is 1. The van der Waals surface area contributed by atoms with Crippen LogP contribution in [0.4, 0.5) is 0 Å². The predicted octanol–water partition coefficient (Wildman–Crippen LogP) is 2.45. The highest BCUT2D eigenvalue weighted by Crippen LogP contribution is 2.11. The topological polar surface area (TPSA) is 192 Å². The molecule has 0 saturated carbocycles. The van der Waals surface area contributed by atoms with Gasteiger partial charge in [0, 0.05) is 18.5 Å². The van der Waals surface area contributed by atoms with E-state index in [1.165, 1.54) is 0 Å². The summed E-state index contributed by atoms with van der Waals surface area (Å²) in [7, 11) is -3.94. The molecule has 0 heterocycles. The van der Waals surface area contributed by atoms with Crippen LogP contribution in [0, 0.1) is 5.41 Å². The number of hydrogen-bond donors (Lipinski definition) is 6. The van der Waals surface area contributed by atoms with Crippen molar-refractivity contribution in [3.63, 3.8) is 0 Å². The Bertz CT molecular complexity index is 1480. The first kappa shape index (κ1) is 33.0. The lowest BCUT2D eigenvalue weighted by atomic mass is 10.0. The molecule has 11 nitrogen and oxygen atoms in total. The van der Waals surface area contributed by atoms with E-state index in [0.29, 0.717) is 17.5 Å². The molecule has 3 aromatic rings. The number of benzene rings is 3. The summed E-state index contributed by atoms with van der Waals surface area (Å²) >= 11 is 0. The monoisotopic (exact) mass is 607 g/mol. The summed E-state index contributed by atoms with van der Waals surface area (Å²) < 4.78 is 28.6. The van der Waals surface area contributed by atoms with Gasteiger partial charge in [0.25, 0.3) is 0 Å². The molecule has 0 aliphatic rings. The molecule has 2 atom stereocenters. The van der Waals surface area contributed by atoms with Crippen LogP contribution in [0.5, 0.6) is 0 Å². The van der Waals surface area contributed by atoms with Crippen LogP contribution in [0.25, 0.3) is 0 Å². The molecular weight excluding hydrogens is 570 g/mol. The number of nitrogens with two attached hydrogens (primary N) is 1. The van der Waals surface area contributed by atoms with Crippen molar-refractivity contribution in [1.29, 1.82) is 5.41 Å². The molecule has 7 N–H and O–H groups in total. The molecule has 0 aliphatic heterocycles. The van der Waals surface area contributed by atoms with Crippen LogP contribution in [0.2, 0.25) is 0 Å². The molecular formula is C31H37N5O6S. The number of carbonyl (C=O) groups is 3. The predicted molar refractivity (Wildman–Crippen MR) is 163 cm³/mol. The molecule has 3 aromatic carbocycles. The van der Waals surface area contributed by atoms with Crippen LogP contribution in [0.3, 0.4) is 0 Å². The van der Waals surface area contributed by atoms with Crippen molar-refractivity contribution in [3.05, 3.63) is 107 Å². The Hall–Kier alpha value is -4.55. The van der Waals surface area contributed by atoms with E-state index in [1.54, 1.807) is 54.6 Å². The average molecular weight is 608 g/mol. The second kappa shape index (κ2) is 16.2. The highest BCUT2D eigenvalue weighted by molar-refractivity contribution is 7.88. The Morgan fingerprint density at radius 3 is 1.98 bits per heavy atom. The van der Waals surface area contributed by atoms with Crippen molar-refractivity contribution < 1.29 is 27.9 Å². The van der Waals surface area contributed by atoms with E-state index < -0.39 is 39.9 Å². The maximum atomic E-state index is 13.5. The molecule has 0 fully saturated rings. The molecule has 0 saturated heterocycles. The molecule has 43 heavy (non-hydrogen) atoms. The second-order valence-electron chi connectivity index (χ2n) is 10.1. The minimum Gasteiger partial charge on any atom is -0.481 e. The second-order valence-corrected chi connectivity index (χ2v) is 11.9. The van der Waals surface area contributed by atoms with Crippen molar-refractivity contribution >= 4 is 33.6 Å². The number of sulfonamides is 1. The summed E-state index contributed by atoms with van der Waals surface area (Å²) in [6, 6.07) is 22.3. The molecule has 2 amide bonds. The van der Waals surface area contributed by atoms with Gasteiger partial charge in [0.1, 0.15) is 17.9 Å². The highest BCUT2D eigenvalue weighted by Gasteiger charge is 2.29. The number of hydrogen-bond acceptors (Lipinski definition) is 6. The number of nitrogens with one attached hydrogen (secondary N) is 4. The smallest absolute Gasteiger partial charge is 0.303 e. The third-order valence-corrected chi connectivity index (χ3v) is 8.01. The number of rotatable bonds is 17. The molecule has 12 heteroatoms. The normalized spacial score (nSPS) is 12.6. The van der Waals surface area contributed by atoms with Crippen molar-refractivity contribution in [1.82, 2.24) is 15.4 Å². The number of carboxylic acids is 1. The summed E-state index contributed by atoms with van der Waals surface area (Å²) in [6.45, 7) is 0.115. The van der Waals surface area contributed by atoms with Gasteiger partial charge < -0.3 is 21.5 Å². The van der Waals surface area contributed by atoms with E-state index in [2.05, 4.69) is 15.4 Å². The van der Waals surface area contributed by atoms with Gasteiger partial charge in [0.2, 0.25) is 21.8 Å². The van der Waals surface area contributed by atoms with Crippen molar-refractivity contribution in [2.45, 2.75) is 56.5 Å². The van der Waals surface area contributed by atoms with Crippen LogP contribution in [0.1, 0.15) is 47.9 Å². The molecule has 0 aliphatic carbocycles. The number of aliphatic carboxylic acids is 1. The zero-order valence-corrected chi connectivity index (χ0v) is 24.5. The molecule has 0 unspecified atom stereocenters. The molecule has 0 bridgehead atoms. The number of aryl methyl sites for hydroxylation is 1. The van der Waals surface area contributed by atoms with Gasteiger partial charge in [-0.3, -0.25) is 19.8 Å². The third-order valence-electron chi connectivity index (χ3n) is 6.65. The van der Waals surface area contributed by atoms with Gasteiger partial charge in [-0.1, -0.05) is 84.9 Å². The van der Waals surface area contributed by atoms with Crippen LogP contribution in [-0.2, 0) is 43.1 Å². The fourth-order valence-electron chi connectivity index (χ4n) is 4.36. The summed E-state index contributed by atoms with van der Waals surface area (Å²) in [5, 5.41) is 22.0. The zero-order chi connectivity index (χ0) is 31.2. The fourth-order valence-corrected chi connectivity index (χ4v) is 5.74. The lowest BCUT2D eigenvalue weighted by Crippen LogP contribution is -2.53. The van der Waals surface area contributed by atoms with Crippen LogP contribution >= 0.6 is 0 Å². The van der Waals surface area contributed by atoms with Crippen molar-refractivity contribution in [2.24, 2.45) is 5.73 Å². The molecule has 228 valence electrons. The number of nitrogen functional groups attached to an aromatic ring is 1. The lowest BCUT2D eigenvalue weighted by molar-refractivity contribution is -0.137. The van der Waals surface area contributed by atoms with Gasteiger partial charge in [-0.15, -0.1) is 0 Å². The SMILES string of the molecule is N=C(N)c1ccc(CNC(=O)[C@H](CCCC(=O)O)NC(=O)[C@@H](CCc2ccccc2)NS(=O)(=O)Cc2ccccc2)cc1. The number of carboxylic acid groups (broad SMARTS) is 1. The maximum absolute atomic E-state index is 13.5. The maximum Gasteiger partial charge on any atom is 0.303 e. The Balaban J connectivity index is 1.74. The number of amides is 2. The summed E-state index contributed by atoms with van der Waals surface area (Å²) in [4.78, 5) is 37.8. The standard InChI is InChI=1S/C31H37N5O6S/c32-29(33)25-17-14-23(15-18-25)20-34-30(39)26(12-7-13-28(37)38)35-31(40)27(19-16-22-8-3-1-4-9-22)36-43(41,42)21-24-10-5-2-6-11-24/h1-6,8-11,14-15,17-18,26-27,36H,7,12-13,16,19-21H2,(H3,32,33)(H,34,39)(H,35,40)(H,37,38)/t26-,27+/m0/s1. The first-order valence-corrected chi connectivity index (χ1v) is 15.5. The largest absolute Gasteiger partial charge is 0.481 e. The first-order valence-electron chi connectivity index (χ1n) is 13.8. The van der Waals surface area contributed by atoms with E-state index in [4.69, 9.17) is 16.2 Å². The van der Waals surface area contributed by atoms with Crippen LogP contribution in [0.15, 0.2) is 84.9 Å². The fraction of sp³-hybridized carbons (Fsp3) is 0.290. The Morgan fingerprint density at radius 1 is 0.791 bits per heavy atom. The van der Waals surface area contributed by atoms with Gasteiger partial charge in [0.05, 0.1) is 5.75 Å². The van der Waals surface area contributed by atoms with E-state index >= 15 is 0 Å². The van der Waals surface area contributed by atoms with Crippen LogP contribution in [-0.4, -0.2) is 49.2 Å². The quantitative estimate of drug-likeness (QED) is 0.100. The Labute approximate surface area is 251 Å². The third kappa shape index (κ3) is 11.7. The molecule has 3 rings (SSSR count). The summed E-state index contributed by atoms with van der Waals surface area (Å²) in [6.07, 6.45) is 0.493. The van der Waals surface area contributed by atoms with E-state index in [0.717, 1.165) is 11.1 Å². The highest BCUT2D eigenvalue weighted by atomic mass is 32.2. The van der Waals surface area contributed by atoms with Gasteiger partial charge in [-0.2, -0.15) is 0 Å². The minimum atomic E-state index is -3.94. The van der Waals surface area contributed by atoms with E-state index in [9.17, 15) is 22.8 Å². The van der Waals surface area contributed by atoms with Gasteiger partial charge in [-0.05, 0) is 42.4 Å². The minimum absolute atomic E-state index is 0.0370. The summed E-state index contributed by atoms with van der Waals surface area (Å²) in [5.74, 6) is -2.67. The number of carbonyl (C=O) groups excluding carboxylic acids is 2. The first-order chi connectivity index (χ1) is 20.5. The van der Waals surface area contributed by atoms with Crippen molar-refractivity contribution in [2.75, 3.05) is 0 Å².